The molecular formula is C14H28N2O3. The van der Waals surface area contributed by atoms with Crippen LogP contribution in [0.3, 0.4) is 0 Å². The second-order valence-corrected chi connectivity index (χ2v) is 5.43. The molecule has 1 atom stereocenters. The van der Waals surface area contributed by atoms with Gasteiger partial charge in [-0.3, -0.25) is 9.80 Å². The number of morpholine rings is 1. The summed E-state index contributed by atoms with van der Waals surface area (Å²) >= 11 is 0. The van der Waals surface area contributed by atoms with Crippen molar-refractivity contribution in [2.24, 2.45) is 0 Å². The maximum absolute atomic E-state index is 8.71. The van der Waals surface area contributed by atoms with Crippen molar-refractivity contribution in [3.8, 4) is 0 Å². The first-order chi connectivity index (χ1) is 9.40. The van der Waals surface area contributed by atoms with Crippen LogP contribution in [0.5, 0.6) is 0 Å². The Labute approximate surface area is 116 Å². The summed E-state index contributed by atoms with van der Waals surface area (Å²) in [4.78, 5) is 5.09. The molecule has 0 aromatic carbocycles. The van der Waals surface area contributed by atoms with E-state index in [9.17, 15) is 0 Å². The minimum absolute atomic E-state index is 0.122. The molecule has 0 spiro atoms. The molecule has 2 saturated heterocycles. The number of aliphatic hydroxyl groups excluding tert-OH is 1. The topological polar surface area (TPSA) is 45.2 Å². The second kappa shape index (κ2) is 8.87. The average Bonchev–Trinajstić information content (AvgIpc) is 2.46. The van der Waals surface area contributed by atoms with Crippen molar-refractivity contribution in [3.05, 3.63) is 0 Å². The van der Waals surface area contributed by atoms with Crippen LogP contribution in [0, 0.1) is 0 Å². The third-order valence-electron chi connectivity index (χ3n) is 4.08. The first kappa shape index (κ1) is 15.2. The van der Waals surface area contributed by atoms with Crippen molar-refractivity contribution in [2.45, 2.75) is 25.3 Å². The standard InChI is InChI=1S/C14H28N2O3/c17-8-12-19-11-7-16-4-2-1-3-14(16)13-15-5-9-18-10-6-15/h14,17H,1-13H2. The van der Waals surface area contributed by atoms with Crippen LogP contribution in [-0.2, 0) is 9.47 Å². The van der Waals surface area contributed by atoms with Crippen molar-refractivity contribution in [2.75, 3.05) is 65.8 Å². The van der Waals surface area contributed by atoms with Gasteiger partial charge in [-0.1, -0.05) is 6.42 Å². The Bertz CT molecular complexity index is 235. The van der Waals surface area contributed by atoms with E-state index in [1.807, 2.05) is 0 Å². The van der Waals surface area contributed by atoms with E-state index in [2.05, 4.69) is 9.80 Å². The Morgan fingerprint density at radius 3 is 2.74 bits per heavy atom. The molecule has 19 heavy (non-hydrogen) atoms. The Morgan fingerprint density at radius 2 is 1.95 bits per heavy atom. The minimum Gasteiger partial charge on any atom is -0.394 e. The van der Waals surface area contributed by atoms with Crippen molar-refractivity contribution < 1.29 is 14.6 Å². The Morgan fingerprint density at radius 1 is 1.11 bits per heavy atom. The SMILES string of the molecule is OCCOCCN1CCCCC1CN1CCOCC1. The number of nitrogens with zero attached hydrogens (tertiary/aromatic N) is 2. The lowest BCUT2D eigenvalue weighted by Crippen LogP contribution is -2.50. The summed E-state index contributed by atoms with van der Waals surface area (Å²) < 4.78 is 10.8. The van der Waals surface area contributed by atoms with Gasteiger partial charge in [0.05, 0.1) is 33.0 Å². The van der Waals surface area contributed by atoms with Crippen LogP contribution in [0.2, 0.25) is 0 Å². The number of aliphatic hydroxyl groups is 1. The van der Waals surface area contributed by atoms with Crippen LogP contribution in [0.4, 0.5) is 0 Å². The summed E-state index contributed by atoms with van der Waals surface area (Å²) in [7, 11) is 0. The van der Waals surface area contributed by atoms with Gasteiger partial charge in [0.1, 0.15) is 0 Å². The molecule has 2 heterocycles. The quantitative estimate of drug-likeness (QED) is 0.670. The summed E-state index contributed by atoms with van der Waals surface area (Å²) in [5.41, 5.74) is 0. The van der Waals surface area contributed by atoms with Gasteiger partial charge in [-0.25, -0.2) is 0 Å². The summed E-state index contributed by atoms with van der Waals surface area (Å²) in [6.45, 7) is 8.59. The average molecular weight is 272 g/mol. The number of ether oxygens (including phenoxy) is 2. The minimum atomic E-state index is 0.122. The molecule has 2 aliphatic heterocycles. The highest BCUT2D eigenvalue weighted by Crippen LogP contribution is 2.18. The van der Waals surface area contributed by atoms with Crippen LogP contribution in [0.15, 0.2) is 0 Å². The summed E-state index contributed by atoms with van der Waals surface area (Å²) in [6, 6.07) is 0.671. The lowest BCUT2D eigenvalue weighted by atomic mass is 10.0. The maximum Gasteiger partial charge on any atom is 0.0698 e. The molecular weight excluding hydrogens is 244 g/mol. The molecule has 2 fully saturated rings. The van der Waals surface area contributed by atoms with E-state index in [1.165, 1.54) is 32.4 Å². The zero-order chi connectivity index (χ0) is 13.3. The van der Waals surface area contributed by atoms with Gasteiger partial charge in [0.2, 0.25) is 0 Å². The number of hydrogen-bond donors (Lipinski definition) is 1. The van der Waals surface area contributed by atoms with Gasteiger partial charge in [0.15, 0.2) is 0 Å². The van der Waals surface area contributed by atoms with E-state index in [0.717, 1.165) is 39.5 Å². The predicted octanol–water partition coefficient (Wildman–Crippen LogP) is 0.182. The largest absolute Gasteiger partial charge is 0.394 e. The van der Waals surface area contributed by atoms with Crippen molar-refractivity contribution in [1.29, 1.82) is 0 Å². The summed E-state index contributed by atoms with van der Waals surface area (Å²) in [5, 5.41) is 8.71. The number of likely N-dealkylation sites (tertiary alicyclic amines) is 1. The van der Waals surface area contributed by atoms with Crippen LogP contribution in [0.25, 0.3) is 0 Å². The second-order valence-electron chi connectivity index (χ2n) is 5.43. The monoisotopic (exact) mass is 272 g/mol. The fraction of sp³-hybridized carbons (Fsp3) is 1.00. The van der Waals surface area contributed by atoms with Crippen LogP contribution in [0.1, 0.15) is 19.3 Å². The van der Waals surface area contributed by atoms with Gasteiger partial charge in [-0.2, -0.15) is 0 Å². The zero-order valence-corrected chi connectivity index (χ0v) is 11.9. The van der Waals surface area contributed by atoms with E-state index < -0.39 is 0 Å². The molecule has 5 heteroatoms. The highest BCUT2D eigenvalue weighted by atomic mass is 16.5. The third kappa shape index (κ3) is 5.36. The molecule has 0 amide bonds. The van der Waals surface area contributed by atoms with Gasteiger partial charge >= 0.3 is 0 Å². The molecule has 0 bridgehead atoms. The molecule has 2 aliphatic rings. The maximum atomic E-state index is 8.71. The molecule has 5 nitrogen and oxygen atoms in total. The van der Waals surface area contributed by atoms with E-state index in [1.54, 1.807) is 0 Å². The molecule has 0 saturated carbocycles. The van der Waals surface area contributed by atoms with E-state index in [-0.39, 0.29) is 6.61 Å². The molecule has 2 rings (SSSR count). The van der Waals surface area contributed by atoms with Gasteiger partial charge in [-0.15, -0.1) is 0 Å². The molecule has 1 unspecified atom stereocenters. The fourth-order valence-corrected chi connectivity index (χ4v) is 2.99. The summed E-state index contributed by atoms with van der Waals surface area (Å²) in [5.74, 6) is 0. The van der Waals surface area contributed by atoms with Crippen LogP contribution < -0.4 is 0 Å². The molecule has 0 aromatic heterocycles. The van der Waals surface area contributed by atoms with Gasteiger partial charge < -0.3 is 14.6 Å². The molecule has 0 aromatic rings. The molecule has 0 aliphatic carbocycles. The zero-order valence-electron chi connectivity index (χ0n) is 11.9. The highest BCUT2D eigenvalue weighted by molar-refractivity contribution is 4.80. The van der Waals surface area contributed by atoms with E-state index in [0.29, 0.717) is 12.6 Å². The van der Waals surface area contributed by atoms with Gasteiger partial charge in [-0.05, 0) is 19.4 Å². The fourth-order valence-electron chi connectivity index (χ4n) is 2.99. The van der Waals surface area contributed by atoms with Gasteiger partial charge in [0.25, 0.3) is 0 Å². The molecule has 1 N–H and O–H groups in total. The normalized spacial score (nSPS) is 26.7. The Kier molecular flexibility index (Phi) is 7.09. The van der Waals surface area contributed by atoms with E-state index >= 15 is 0 Å². The van der Waals surface area contributed by atoms with Gasteiger partial charge in [0, 0.05) is 32.2 Å². The number of hydrogen-bond acceptors (Lipinski definition) is 5. The third-order valence-corrected chi connectivity index (χ3v) is 4.08. The number of rotatable bonds is 7. The summed E-state index contributed by atoms with van der Waals surface area (Å²) in [6.07, 6.45) is 3.96. The van der Waals surface area contributed by atoms with Crippen LogP contribution in [-0.4, -0.2) is 86.7 Å². The first-order valence-electron chi connectivity index (χ1n) is 7.63. The Balaban J connectivity index is 1.71. The number of piperidine rings is 1. The van der Waals surface area contributed by atoms with Crippen molar-refractivity contribution in [3.63, 3.8) is 0 Å². The predicted molar refractivity (Wildman–Crippen MR) is 74.4 cm³/mol. The van der Waals surface area contributed by atoms with Crippen molar-refractivity contribution in [1.82, 2.24) is 9.80 Å². The smallest absolute Gasteiger partial charge is 0.0698 e. The van der Waals surface area contributed by atoms with Crippen LogP contribution >= 0.6 is 0 Å². The lowest BCUT2D eigenvalue weighted by molar-refractivity contribution is 0.00814. The molecule has 0 radical (unpaired) electrons. The highest BCUT2D eigenvalue weighted by Gasteiger charge is 2.24. The lowest BCUT2D eigenvalue weighted by Gasteiger charge is -2.39. The Hall–Kier alpha value is -0.200. The first-order valence-corrected chi connectivity index (χ1v) is 7.63. The van der Waals surface area contributed by atoms with E-state index in [4.69, 9.17) is 14.6 Å². The molecule has 112 valence electrons. The van der Waals surface area contributed by atoms with Crippen molar-refractivity contribution >= 4 is 0 Å².